The van der Waals surface area contributed by atoms with E-state index in [4.69, 9.17) is 0 Å². The quantitative estimate of drug-likeness (QED) is 0.357. The summed E-state index contributed by atoms with van der Waals surface area (Å²) < 4.78 is 12.0. The normalized spacial score (nSPS) is 17.3. The fourth-order valence-corrected chi connectivity index (χ4v) is 0.283. The molecule has 48 valence electrons. The van der Waals surface area contributed by atoms with Gasteiger partial charge in [-0.15, -0.1) is 0 Å². The van der Waals surface area contributed by atoms with Gasteiger partial charge in [-0.05, 0) is 0 Å². The zero-order valence-electron chi connectivity index (χ0n) is 4.20. The lowest BCUT2D eigenvalue weighted by atomic mass is 11.0. The van der Waals surface area contributed by atoms with Crippen LogP contribution in [0.1, 0.15) is 0 Å². The number of carbonyl (C=O) groups is 2. The summed E-state index contributed by atoms with van der Waals surface area (Å²) in [6.45, 7) is 0. The summed E-state index contributed by atoms with van der Waals surface area (Å²) in [5.74, 6) is 0. The SMILES string of the molecule is O=C1OC=COC(=O)O1. The first-order valence-electron chi connectivity index (χ1n) is 2.03. The van der Waals surface area contributed by atoms with Gasteiger partial charge in [0.15, 0.2) is 0 Å². The van der Waals surface area contributed by atoms with Gasteiger partial charge in [-0.3, -0.25) is 0 Å². The van der Waals surface area contributed by atoms with E-state index < -0.39 is 12.3 Å². The largest absolute Gasteiger partial charge is 0.523 e. The van der Waals surface area contributed by atoms with Gasteiger partial charge in [0.25, 0.3) is 0 Å². The first kappa shape index (κ1) is 5.61. The molecule has 5 nitrogen and oxygen atoms in total. The lowest BCUT2D eigenvalue weighted by Gasteiger charge is -1.91. The van der Waals surface area contributed by atoms with Gasteiger partial charge in [-0.25, -0.2) is 9.59 Å². The van der Waals surface area contributed by atoms with Gasteiger partial charge in [0, 0.05) is 0 Å². The molecule has 0 aromatic rings. The Morgan fingerprint density at radius 3 is 1.89 bits per heavy atom. The Bertz CT molecular complexity index is 152. The van der Waals surface area contributed by atoms with Crippen molar-refractivity contribution in [1.29, 1.82) is 0 Å². The third-order valence-electron chi connectivity index (χ3n) is 0.551. The van der Waals surface area contributed by atoms with E-state index in [0.717, 1.165) is 12.5 Å². The molecule has 0 spiro atoms. The summed E-state index contributed by atoms with van der Waals surface area (Å²) in [6.07, 6.45) is -0.358. The van der Waals surface area contributed by atoms with Crippen LogP contribution in [0.15, 0.2) is 12.5 Å². The molecule has 0 radical (unpaired) electrons. The van der Waals surface area contributed by atoms with Crippen LogP contribution in [0, 0.1) is 0 Å². The molecular formula is C4H2O5. The number of rotatable bonds is 0. The van der Waals surface area contributed by atoms with Crippen LogP contribution in [0.25, 0.3) is 0 Å². The lowest BCUT2D eigenvalue weighted by Crippen LogP contribution is -2.07. The molecule has 1 heterocycles. The minimum absolute atomic E-state index is 0.910. The highest BCUT2D eigenvalue weighted by atomic mass is 16.8. The van der Waals surface area contributed by atoms with E-state index in [0.29, 0.717) is 0 Å². The molecule has 1 rings (SSSR count). The molecule has 1 aliphatic heterocycles. The molecule has 5 heteroatoms. The molecule has 0 unspecified atom stereocenters. The number of cyclic esters (lactones) is 4. The Hall–Kier alpha value is -1.52. The monoisotopic (exact) mass is 130 g/mol. The van der Waals surface area contributed by atoms with Crippen molar-refractivity contribution in [3.05, 3.63) is 12.5 Å². The number of ether oxygens (including phenoxy) is 3. The average molecular weight is 130 g/mol. The predicted octanol–water partition coefficient (Wildman–Crippen LogP) is 0.761. The molecule has 0 fully saturated rings. The third-order valence-corrected chi connectivity index (χ3v) is 0.551. The summed E-state index contributed by atoms with van der Waals surface area (Å²) in [6, 6.07) is 0. The van der Waals surface area contributed by atoms with Gasteiger partial charge in [-0.2, -0.15) is 0 Å². The van der Waals surface area contributed by atoms with Crippen LogP contribution in [-0.4, -0.2) is 12.3 Å². The summed E-state index contributed by atoms with van der Waals surface area (Å²) in [7, 11) is 0. The number of hydrogen-bond acceptors (Lipinski definition) is 5. The topological polar surface area (TPSA) is 61.8 Å². The van der Waals surface area contributed by atoms with Gasteiger partial charge in [0.05, 0.1) is 0 Å². The maximum absolute atomic E-state index is 10.1. The maximum Gasteiger partial charge on any atom is 0.523 e. The molecule has 1 aliphatic rings. The van der Waals surface area contributed by atoms with Gasteiger partial charge in [0.1, 0.15) is 12.5 Å². The van der Waals surface area contributed by atoms with Crippen LogP contribution in [-0.2, 0) is 14.2 Å². The van der Waals surface area contributed by atoms with E-state index in [2.05, 4.69) is 14.2 Å². The fourth-order valence-electron chi connectivity index (χ4n) is 0.283. The van der Waals surface area contributed by atoms with E-state index in [-0.39, 0.29) is 0 Å². The van der Waals surface area contributed by atoms with E-state index in [1.807, 2.05) is 0 Å². The van der Waals surface area contributed by atoms with Crippen LogP contribution in [0.4, 0.5) is 9.59 Å². The smallest absolute Gasteiger partial charge is 0.399 e. The van der Waals surface area contributed by atoms with E-state index in [1.54, 1.807) is 0 Å². The van der Waals surface area contributed by atoms with Gasteiger partial charge < -0.3 is 14.2 Å². The Morgan fingerprint density at radius 1 is 1.00 bits per heavy atom. The first-order valence-corrected chi connectivity index (χ1v) is 2.03. The summed E-state index contributed by atoms with van der Waals surface area (Å²) in [4.78, 5) is 20.2. The number of hydrogen-bond donors (Lipinski definition) is 0. The van der Waals surface area contributed by atoms with Crippen molar-refractivity contribution in [3.8, 4) is 0 Å². The second kappa shape index (κ2) is 2.17. The van der Waals surface area contributed by atoms with Crippen molar-refractivity contribution in [2.75, 3.05) is 0 Å². The Balaban J connectivity index is 2.60. The molecule has 0 aromatic heterocycles. The second-order valence-corrected chi connectivity index (χ2v) is 1.11. The van der Waals surface area contributed by atoms with Crippen LogP contribution >= 0.6 is 0 Å². The molecule has 9 heavy (non-hydrogen) atoms. The van der Waals surface area contributed by atoms with Gasteiger partial charge in [-0.1, -0.05) is 0 Å². The lowest BCUT2D eigenvalue weighted by molar-refractivity contribution is 0.0832. The highest BCUT2D eigenvalue weighted by Crippen LogP contribution is 1.96. The molecule has 0 N–H and O–H groups in total. The van der Waals surface area contributed by atoms with Crippen molar-refractivity contribution in [1.82, 2.24) is 0 Å². The second-order valence-electron chi connectivity index (χ2n) is 1.11. The minimum atomic E-state index is -1.09. The van der Waals surface area contributed by atoms with Crippen LogP contribution in [0.5, 0.6) is 0 Å². The predicted molar refractivity (Wildman–Crippen MR) is 23.2 cm³/mol. The van der Waals surface area contributed by atoms with Crippen LogP contribution in [0.2, 0.25) is 0 Å². The molecule has 0 aliphatic carbocycles. The van der Waals surface area contributed by atoms with E-state index in [1.165, 1.54) is 0 Å². The zero-order valence-corrected chi connectivity index (χ0v) is 4.20. The summed E-state index contributed by atoms with van der Waals surface area (Å²) >= 11 is 0. The Labute approximate surface area is 49.8 Å². The van der Waals surface area contributed by atoms with Crippen LogP contribution in [0.3, 0.4) is 0 Å². The summed E-state index contributed by atoms with van der Waals surface area (Å²) in [5, 5.41) is 0. The van der Waals surface area contributed by atoms with E-state index >= 15 is 0 Å². The highest BCUT2D eigenvalue weighted by Gasteiger charge is 2.13. The van der Waals surface area contributed by atoms with Gasteiger partial charge in [0.2, 0.25) is 0 Å². The van der Waals surface area contributed by atoms with E-state index in [9.17, 15) is 9.59 Å². The first-order chi connectivity index (χ1) is 4.29. The zero-order chi connectivity index (χ0) is 6.69. The maximum atomic E-state index is 10.1. The fraction of sp³-hybridized carbons (Fsp3) is 0. The Morgan fingerprint density at radius 2 is 1.44 bits per heavy atom. The van der Waals surface area contributed by atoms with Crippen molar-refractivity contribution < 1.29 is 23.8 Å². The molecule has 0 bridgehead atoms. The minimum Gasteiger partial charge on any atom is -0.399 e. The number of carbonyl (C=O) groups excluding carboxylic acids is 2. The van der Waals surface area contributed by atoms with Crippen molar-refractivity contribution in [3.63, 3.8) is 0 Å². The Kier molecular flexibility index (Phi) is 1.35. The summed E-state index contributed by atoms with van der Waals surface area (Å²) in [5.41, 5.74) is 0. The molecule has 0 saturated heterocycles. The molecular weight excluding hydrogens is 128 g/mol. The molecule has 0 saturated carbocycles. The van der Waals surface area contributed by atoms with Crippen molar-refractivity contribution in [2.24, 2.45) is 0 Å². The van der Waals surface area contributed by atoms with Gasteiger partial charge >= 0.3 is 12.3 Å². The highest BCUT2D eigenvalue weighted by molar-refractivity contribution is 5.78. The van der Waals surface area contributed by atoms with Crippen molar-refractivity contribution in [2.45, 2.75) is 0 Å². The third kappa shape index (κ3) is 1.45. The molecule has 0 aromatic carbocycles. The standard InChI is InChI=1S/C4H2O5/c5-3-7-1-2-8-4(6)9-3/h1-2H. The molecule has 0 atom stereocenters. The molecule has 0 amide bonds. The van der Waals surface area contributed by atoms with Crippen molar-refractivity contribution >= 4 is 12.3 Å². The van der Waals surface area contributed by atoms with Crippen LogP contribution < -0.4 is 0 Å². The average Bonchev–Trinajstić information content (AvgIpc) is 1.93.